The average Bonchev–Trinajstić information content (AvgIpc) is 2.48. The van der Waals surface area contributed by atoms with Gasteiger partial charge in [0.15, 0.2) is 0 Å². The lowest BCUT2D eigenvalue weighted by Crippen LogP contribution is -2.15. The maximum atomic E-state index is 10.4. The summed E-state index contributed by atoms with van der Waals surface area (Å²) in [6.45, 7) is 0. The molecule has 98 valence electrons. The Bertz CT molecular complexity index is 778. The predicted molar refractivity (Wildman–Crippen MR) is 78.9 cm³/mol. The van der Waals surface area contributed by atoms with Crippen LogP contribution in [0, 0.1) is 0 Å². The van der Waals surface area contributed by atoms with Crippen LogP contribution < -0.4 is 0 Å². The minimum absolute atomic E-state index is 0.0947. The van der Waals surface area contributed by atoms with Gasteiger partial charge in [-0.1, -0.05) is 53.5 Å². The van der Waals surface area contributed by atoms with E-state index in [-0.39, 0.29) is 17.0 Å². The second-order valence-corrected chi connectivity index (χ2v) is 5.17. The van der Waals surface area contributed by atoms with Gasteiger partial charge in [-0.25, -0.2) is 0 Å². The van der Waals surface area contributed by atoms with Gasteiger partial charge in [0.1, 0.15) is 0 Å². The van der Waals surface area contributed by atoms with E-state index in [1.807, 2.05) is 0 Å². The summed E-state index contributed by atoms with van der Waals surface area (Å²) < 4.78 is 33.2. The van der Waals surface area contributed by atoms with Crippen LogP contribution in [0.3, 0.4) is 0 Å². The largest absolute Gasteiger partial charge is 0.388 e. The summed E-state index contributed by atoms with van der Waals surface area (Å²) in [6.07, 6.45) is -5.07. The summed E-state index contributed by atoms with van der Waals surface area (Å²) in [5.74, 6) is -1.47. The van der Waals surface area contributed by atoms with Crippen LogP contribution in [0.15, 0.2) is 42.5 Å². The van der Waals surface area contributed by atoms with Gasteiger partial charge in [0.05, 0.1) is 17.5 Å². The molecule has 2 aromatic rings. The van der Waals surface area contributed by atoms with E-state index < -0.39 is 18.3 Å². The highest BCUT2D eigenvalue weighted by Gasteiger charge is 2.26. The molecule has 1 aliphatic carbocycles. The third-order valence-electron chi connectivity index (χ3n) is 3.21. The van der Waals surface area contributed by atoms with Gasteiger partial charge in [-0.15, -0.1) is 0 Å². The van der Waals surface area contributed by atoms with Crippen molar-refractivity contribution in [2.24, 2.45) is 0 Å². The molecule has 0 unspecified atom stereocenters. The molecule has 1 N–H and O–H groups in total. The summed E-state index contributed by atoms with van der Waals surface area (Å²) in [5.41, 5.74) is 0.960. The second kappa shape index (κ2) is 5.16. The number of benzene rings is 2. The molecule has 0 aromatic heterocycles. The lowest BCUT2D eigenvalue weighted by Gasteiger charge is -2.29. The van der Waals surface area contributed by atoms with Crippen LogP contribution in [0.2, 0.25) is 10.0 Å². The van der Waals surface area contributed by atoms with Crippen molar-refractivity contribution in [2.45, 2.75) is 24.8 Å². The summed E-state index contributed by atoms with van der Waals surface area (Å²) in [4.78, 5) is 0. The van der Waals surface area contributed by atoms with Crippen LogP contribution in [0.1, 0.15) is 46.9 Å². The van der Waals surface area contributed by atoms with E-state index >= 15 is 0 Å². The molecule has 3 heteroatoms. The van der Waals surface area contributed by atoms with Gasteiger partial charge in [-0.3, -0.25) is 0 Å². The van der Waals surface area contributed by atoms with E-state index in [0.29, 0.717) is 16.1 Å². The lowest BCUT2D eigenvalue weighted by molar-refractivity contribution is 0.153. The molecule has 1 nitrogen and oxygen atoms in total. The Morgan fingerprint density at radius 1 is 1.11 bits per heavy atom. The third-order valence-corrected chi connectivity index (χ3v) is 3.95. The first kappa shape index (κ1) is 9.02. The van der Waals surface area contributed by atoms with Crippen LogP contribution in [-0.4, -0.2) is 5.11 Å². The fraction of sp³-hybridized carbons (Fsp3) is 0.250. The molecular weight excluding hydrogens is 279 g/mol. The Morgan fingerprint density at radius 3 is 2.58 bits per heavy atom. The Morgan fingerprint density at radius 2 is 1.84 bits per heavy atom. The van der Waals surface area contributed by atoms with E-state index in [1.165, 1.54) is 12.1 Å². The molecule has 2 atom stereocenters. The average molecular weight is 297 g/mol. The van der Waals surface area contributed by atoms with Crippen LogP contribution in [-0.2, 0) is 0 Å². The number of fused-ring (bicyclic) bond motifs is 1. The Labute approximate surface area is 128 Å². The first-order valence-electron chi connectivity index (χ1n) is 7.87. The van der Waals surface area contributed by atoms with E-state index in [1.54, 1.807) is 30.3 Å². The second-order valence-electron chi connectivity index (χ2n) is 4.36. The van der Waals surface area contributed by atoms with Gasteiger partial charge in [0.2, 0.25) is 0 Å². The number of aliphatic hydroxyl groups is 1. The Hall–Kier alpha value is -1.02. The fourth-order valence-corrected chi connectivity index (χ4v) is 2.55. The standard InChI is InChI=1S/C16H14Cl2O/c17-14-7-5-10(9-15(14)18)11-6-8-16(19)13-4-2-1-3-12(11)13/h1-5,7,9,11,16,19H,6,8H2/t11-,16+/m1/s1/i8D2,11D,16D. The first-order valence-corrected chi connectivity index (χ1v) is 6.63. The third kappa shape index (κ3) is 2.38. The molecule has 0 bridgehead atoms. The highest BCUT2D eigenvalue weighted by Crippen LogP contribution is 2.42. The summed E-state index contributed by atoms with van der Waals surface area (Å²) in [6, 6.07) is 11.2. The van der Waals surface area contributed by atoms with Crippen LogP contribution in [0.5, 0.6) is 0 Å². The van der Waals surface area contributed by atoms with E-state index in [2.05, 4.69) is 0 Å². The molecule has 1 aliphatic rings. The summed E-state index contributed by atoms with van der Waals surface area (Å²) >= 11 is 12.0. The lowest BCUT2D eigenvalue weighted by atomic mass is 9.78. The first-order chi connectivity index (χ1) is 10.6. The molecule has 0 amide bonds. The van der Waals surface area contributed by atoms with Crippen molar-refractivity contribution in [3.8, 4) is 0 Å². The molecule has 3 rings (SSSR count). The molecule has 0 heterocycles. The van der Waals surface area contributed by atoms with Gasteiger partial charge >= 0.3 is 0 Å². The topological polar surface area (TPSA) is 20.2 Å². The van der Waals surface area contributed by atoms with Gasteiger partial charge in [-0.05, 0) is 41.6 Å². The quantitative estimate of drug-likeness (QED) is 0.789. The molecule has 0 saturated carbocycles. The highest BCUT2D eigenvalue weighted by atomic mass is 35.5. The van der Waals surface area contributed by atoms with Gasteiger partial charge in [0, 0.05) is 10.0 Å². The highest BCUT2D eigenvalue weighted by molar-refractivity contribution is 6.42. The molecule has 19 heavy (non-hydrogen) atoms. The maximum absolute atomic E-state index is 10.4. The van der Waals surface area contributed by atoms with Crippen molar-refractivity contribution in [1.29, 1.82) is 0 Å². The summed E-state index contributed by atoms with van der Waals surface area (Å²) in [5, 5.41) is 11.0. The van der Waals surface area contributed by atoms with Crippen LogP contribution in [0.25, 0.3) is 0 Å². The number of rotatable bonds is 1. The van der Waals surface area contributed by atoms with Crippen molar-refractivity contribution < 1.29 is 10.6 Å². The molecule has 0 radical (unpaired) electrons. The van der Waals surface area contributed by atoms with Crippen LogP contribution >= 0.6 is 23.2 Å². The van der Waals surface area contributed by atoms with E-state index in [9.17, 15) is 5.11 Å². The van der Waals surface area contributed by atoms with Crippen molar-refractivity contribution in [3.63, 3.8) is 0 Å². The number of hydrogen-bond acceptors (Lipinski definition) is 1. The van der Waals surface area contributed by atoms with Crippen molar-refractivity contribution in [1.82, 2.24) is 0 Å². The van der Waals surface area contributed by atoms with E-state index in [0.717, 1.165) is 0 Å². The van der Waals surface area contributed by atoms with E-state index in [4.69, 9.17) is 28.7 Å². The Balaban J connectivity index is 2.28. The summed E-state index contributed by atoms with van der Waals surface area (Å²) in [7, 11) is 0. The monoisotopic (exact) mass is 296 g/mol. The smallest absolute Gasteiger partial charge is 0.0793 e. The predicted octanol–water partition coefficient (Wildman–Crippen LogP) is 4.95. The van der Waals surface area contributed by atoms with Gasteiger partial charge in [-0.2, -0.15) is 0 Å². The fourth-order valence-electron chi connectivity index (χ4n) is 2.26. The molecule has 0 spiro atoms. The van der Waals surface area contributed by atoms with Gasteiger partial charge in [0.25, 0.3) is 0 Å². The van der Waals surface area contributed by atoms with Crippen molar-refractivity contribution in [3.05, 3.63) is 69.2 Å². The molecule has 0 saturated heterocycles. The normalized spacial score (nSPS) is 35.5. The van der Waals surface area contributed by atoms with Gasteiger partial charge < -0.3 is 5.11 Å². The maximum Gasteiger partial charge on any atom is 0.0793 e. The minimum Gasteiger partial charge on any atom is -0.388 e. The minimum atomic E-state index is -2.41. The Kier molecular flexibility index (Phi) is 2.45. The number of hydrogen-bond donors (Lipinski definition) is 1. The molecule has 0 aliphatic heterocycles. The molecule has 2 aromatic carbocycles. The zero-order valence-electron chi connectivity index (χ0n) is 14.0. The van der Waals surface area contributed by atoms with Crippen molar-refractivity contribution in [2.75, 3.05) is 0 Å². The number of halogens is 2. The molecule has 0 fully saturated rings. The molecular formula is C16H14Cl2O. The zero-order chi connectivity index (χ0) is 17.0. The SMILES string of the molecule is [2H]C1([2H])C[C@]([2H])(c2ccc(Cl)c(Cl)c2)c2ccccc2[C@@]1([2H])O. The zero-order valence-corrected chi connectivity index (χ0v) is 11.5. The van der Waals surface area contributed by atoms with Crippen LogP contribution in [0.4, 0.5) is 0 Å². The van der Waals surface area contributed by atoms with Crippen molar-refractivity contribution >= 4 is 23.2 Å².